The summed E-state index contributed by atoms with van der Waals surface area (Å²) in [6, 6.07) is 10.6. The van der Waals surface area contributed by atoms with Crippen molar-refractivity contribution in [3.8, 4) is 5.75 Å². The molecule has 1 aliphatic carbocycles. The number of carbonyl (C=O) groups excluding carboxylic acids is 1. The van der Waals surface area contributed by atoms with Crippen LogP contribution in [0.25, 0.3) is 0 Å². The Balaban J connectivity index is 1.49. The van der Waals surface area contributed by atoms with Gasteiger partial charge in [-0.05, 0) is 54.8 Å². The number of aromatic nitrogens is 1. The highest BCUT2D eigenvalue weighted by Gasteiger charge is 2.35. The molecule has 1 amide bonds. The summed E-state index contributed by atoms with van der Waals surface area (Å²) in [6.45, 7) is 0.437. The Morgan fingerprint density at radius 1 is 1.12 bits per heavy atom. The van der Waals surface area contributed by atoms with Gasteiger partial charge in [-0.1, -0.05) is 0 Å². The van der Waals surface area contributed by atoms with E-state index in [9.17, 15) is 9.59 Å². The van der Waals surface area contributed by atoms with E-state index in [4.69, 9.17) is 9.84 Å². The van der Waals surface area contributed by atoms with E-state index < -0.39 is 5.97 Å². The number of nitrogens with zero attached hydrogens (tertiary/aromatic N) is 1. The first-order chi connectivity index (χ1) is 11.6. The molecule has 124 valence electrons. The molecular formula is C18H18N2O4. The second kappa shape index (κ2) is 7.12. The first kappa shape index (κ1) is 16.0. The zero-order chi connectivity index (χ0) is 16.9. The van der Waals surface area contributed by atoms with E-state index in [1.54, 1.807) is 36.7 Å². The molecule has 1 aromatic carbocycles. The van der Waals surface area contributed by atoms with E-state index >= 15 is 0 Å². The van der Waals surface area contributed by atoms with Crippen molar-refractivity contribution in [3.63, 3.8) is 0 Å². The zero-order valence-electron chi connectivity index (χ0n) is 13.0. The van der Waals surface area contributed by atoms with Crippen LogP contribution < -0.4 is 10.1 Å². The van der Waals surface area contributed by atoms with Gasteiger partial charge in [0, 0.05) is 24.0 Å². The Labute approximate surface area is 139 Å². The Bertz CT molecular complexity index is 710. The predicted molar refractivity (Wildman–Crippen MR) is 86.6 cm³/mol. The number of carboxylic acids is 1. The number of amides is 1. The van der Waals surface area contributed by atoms with Crippen molar-refractivity contribution < 1.29 is 19.4 Å². The molecule has 1 fully saturated rings. The topological polar surface area (TPSA) is 88.5 Å². The molecular weight excluding hydrogens is 308 g/mol. The average Bonchev–Trinajstić information content (AvgIpc) is 2.56. The summed E-state index contributed by atoms with van der Waals surface area (Å²) in [5, 5.41) is 11.7. The van der Waals surface area contributed by atoms with Gasteiger partial charge >= 0.3 is 5.97 Å². The van der Waals surface area contributed by atoms with Crippen molar-refractivity contribution in [2.75, 3.05) is 0 Å². The van der Waals surface area contributed by atoms with E-state index in [1.165, 1.54) is 0 Å². The largest absolute Gasteiger partial charge is 0.489 e. The highest BCUT2D eigenvalue weighted by atomic mass is 16.5. The molecule has 24 heavy (non-hydrogen) atoms. The van der Waals surface area contributed by atoms with Gasteiger partial charge in [0.2, 0.25) is 0 Å². The van der Waals surface area contributed by atoms with Crippen molar-refractivity contribution in [2.24, 2.45) is 5.92 Å². The predicted octanol–water partition coefficient (Wildman–Crippen LogP) is 2.25. The third-order valence-electron chi connectivity index (χ3n) is 4.09. The Morgan fingerprint density at radius 3 is 2.42 bits per heavy atom. The first-order valence-electron chi connectivity index (χ1n) is 7.77. The maximum Gasteiger partial charge on any atom is 0.306 e. The summed E-state index contributed by atoms with van der Waals surface area (Å²) >= 11 is 0. The van der Waals surface area contributed by atoms with Gasteiger partial charge in [-0.15, -0.1) is 0 Å². The van der Waals surface area contributed by atoms with Gasteiger partial charge in [0.15, 0.2) is 0 Å². The molecule has 0 radical (unpaired) electrons. The molecule has 2 aromatic rings. The lowest BCUT2D eigenvalue weighted by atomic mass is 9.80. The van der Waals surface area contributed by atoms with Crippen LogP contribution in [0.1, 0.15) is 28.8 Å². The molecule has 1 heterocycles. The first-order valence-corrected chi connectivity index (χ1v) is 7.77. The number of rotatable bonds is 6. The van der Waals surface area contributed by atoms with Crippen molar-refractivity contribution in [2.45, 2.75) is 25.5 Å². The summed E-state index contributed by atoms with van der Waals surface area (Å²) in [6.07, 6.45) is 4.41. The minimum Gasteiger partial charge on any atom is -0.489 e. The Hall–Kier alpha value is -2.89. The minimum atomic E-state index is -0.795. The molecule has 6 nitrogen and oxygen atoms in total. The zero-order valence-corrected chi connectivity index (χ0v) is 13.0. The summed E-state index contributed by atoms with van der Waals surface area (Å²) in [5.41, 5.74) is 1.55. The van der Waals surface area contributed by atoms with Crippen LogP contribution in [0, 0.1) is 5.92 Å². The van der Waals surface area contributed by atoms with Gasteiger partial charge in [-0.3, -0.25) is 14.6 Å². The number of pyridine rings is 1. The maximum absolute atomic E-state index is 12.1. The summed E-state index contributed by atoms with van der Waals surface area (Å²) in [7, 11) is 0. The van der Waals surface area contributed by atoms with Crippen LogP contribution in [-0.2, 0) is 11.4 Å². The third-order valence-corrected chi connectivity index (χ3v) is 4.09. The number of hydrogen-bond donors (Lipinski definition) is 2. The molecule has 0 spiro atoms. The average molecular weight is 326 g/mol. The van der Waals surface area contributed by atoms with Crippen molar-refractivity contribution in [3.05, 3.63) is 59.9 Å². The second-order valence-corrected chi connectivity index (χ2v) is 5.85. The normalized spacial score (nSPS) is 19.2. The molecule has 1 aromatic heterocycles. The van der Waals surface area contributed by atoms with Crippen LogP contribution in [0.2, 0.25) is 0 Å². The van der Waals surface area contributed by atoms with Gasteiger partial charge in [-0.25, -0.2) is 0 Å². The number of aliphatic carboxylic acids is 1. The fraction of sp³-hybridized carbons (Fsp3) is 0.278. The van der Waals surface area contributed by atoms with Crippen molar-refractivity contribution in [1.82, 2.24) is 10.3 Å². The van der Waals surface area contributed by atoms with Crippen molar-refractivity contribution in [1.29, 1.82) is 0 Å². The fourth-order valence-corrected chi connectivity index (χ4v) is 2.55. The second-order valence-electron chi connectivity index (χ2n) is 5.85. The van der Waals surface area contributed by atoms with Crippen LogP contribution in [0.4, 0.5) is 0 Å². The van der Waals surface area contributed by atoms with Gasteiger partial charge in [0.1, 0.15) is 12.4 Å². The Kier molecular flexibility index (Phi) is 4.74. The molecule has 0 aliphatic heterocycles. The smallest absolute Gasteiger partial charge is 0.306 e. The number of carbonyl (C=O) groups is 2. The molecule has 0 saturated heterocycles. The molecule has 0 atom stereocenters. The van der Waals surface area contributed by atoms with E-state index in [2.05, 4.69) is 10.3 Å². The quantitative estimate of drug-likeness (QED) is 0.850. The highest BCUT2D eigenvalue weighted by Crippen LogP contribution is 2.27. The standard InChI is InChI=1S/C18H18N2O4/c21-17(20-15-9-14(10-15)18(22)23)13-1-3-16(4-2-13)24-11-12-5-7-19-8-6-12/h1-8,14-15H,9-11H2,(H,20,21)(H,22,23). The van der Waals surface area contributed by atoms with E-state index in [0.29, 0.717) is 30.8 Å². The molecule has 1 saturated carbocycles. The number of carboxylic acid groups (broad SMARTS) is 1. The van der Waals surface area contributed by atoms with Gasteiger partial charge in [0.25, 0.3) is 5.91 Å². The van der Waals surface area contributed by atoms with Gasteiger partial charge < -0.3 is 15.2 Å². The number of benzene rings is 1. The van der Waals surface area contributed by atoms with Crippen LogP contribution >= 0.6 is 0 Å². The highest BCUT2D eigenvalue weighted by molar-refractivity contribution is 5.94. The van der Waals surface area contributed by atoms with Crippen LogP contribution in [0.15, 0.2) is 48.8 Å². The number of ether oxygens (including phenoxy) is 1. The van der Waals surface area contributed by atoms with E-state index in [1.807, 2.05) is 12.1 Å². The fourth-order valence-electron chi connectivity index (χ4n) is 2.55. The monoisotopic (exact) mass is 326 g/mol. The molecule has 6 heteroatoms. The summed E-state index contributed by atoms with van der Waals surface area (Å²) in [5.74, 6) is -0.641. The lowest BCUT2D eigenvalue weighted by molar-refractivity contribution is -0.145. The lowest BCUT2D eigenvalue weighted by Gasteiger charge is -2.32. The van der Waals surface area contributed by atoms with Gasteiger partial charge in [-0.2, -0.15) is 0 Å². The van der Waals surface area contributed by atoms with E-state index in [0.717, 1.165) is 5.56 Å². The van der Waals surface area contributed by atoms with Crippen molar-refractivity contribution >= 4 is 11.9 Å². The van der Waals surface area contributed by atoms with Gasteiger partial charge in [0.05, 0.1) is 5.92 Å². The summed E-state index contributed by atoms with van der Waals surface area (Å²) in [4.78, 5) is 26.8. The molecule has 0 bridgehead atoms. The molecule has 1 aliphatic rings. The third kappa shape index (κ3) is 3.90. The molecule has 0 unspecified atom stereocenters. The minimum absolute atomic E-state index is 0.0544. The van der Waals surface area contributed by atoms with Crippen LogP contribution in [0.3, 0.4) is 0 Å². The molecule has 3 rings (SSSR count). The lowest BCUT2D eigenvalue weighted by Crippen LogP contribution is -2.46. The number of nitrogens with one attached hydrogen (secondary N) is 1. The van der Waals surface area contributed by atoms with Crippen LogP contribution in [-0.4, -0.2) is 28.0 Å². The summed E-state index contributed by atoms with van der Waals surface area (Å²) < 4.78 is 5.66. The van der Waals surface area contributed by atoms with Crippen LogP contribution in [0.5, 0.6) is 5.75 Å². The van der Waals surface area contributed by atoms with E-state index in [-0.39, 0.29) is 17.9 Å². The SMILES string of the molecule is O=C(NC1CC(C(=O)O)C1)c1ccc(OCc2ccncc2)cc1. The Morgan fingerprint density at radius 2 is 1.79 bits per heavy atom. The maximum atomic E-state index is 12.1. The number of hydrogen-bond acceptors (Lipinski definition) is 4. The molecule has 2 N–H and O–H groups in total.